The second kappa shape index (κ2) is 4.65. The quantitative estimate of drug-likeness (QED) is 0.831. The van der Waals surface area contributed by atoms with E-state index in [4.69, 9.17) is 10.00 Å². The number of aromatic hydroxyl groups is 1. The van der Waals surface area contributed by atoms with Crippen LogP contribution in [-0.4, -0.2) is 12.2 Å². The number of ether oxygens (including phenoxy) is 1. The van der Waals surface area contributed by atoms with Crippen LogP contribution in [0.2, 0.25) is 0 Å². The van der Waals surface area contributed by atoms with Crippen molar-refractivity contribution in [3.8, 4) is 17.6 Å². The Hall–Kier alpha value is -1.76. The molecule has 0 bridgehead atoms. The van der Waals surface area contributed by atoms with E-state index in [9.17, 15) is 9.50 Å². The number of hydrogen-bond acceptors (Lipinski definition) is 3. The molecule has 0 fully saturated rings. The number of methoxy groups -OCH3 is 1. The summed E-state index contributed by atoms with van der Waals surface area (Å²) < 4.78 is 18.3. The van der Waals surface area contributed by atoms with Gasteiger partial charge in [0.15, 0.2) is 11.5 Å². The maximum absolute atomic E-state index is 13.5. The summed E-state index contributed by atoms with van der Waals surface area (Å²) in [5.74, 6) is -1.13. The van der Waals surface area contributed by atoms with E-state index in [0.29, 0.717) is 17.5 Å². The highest BCUT2D eigenvalue weighted by Crippen LogP contribution is 2.33. The topological polar surface area (TPSA) is 53.2 Å². The van der Waals surface area contributed by atoms with Crippen LogP contribution in [0, 0.1) is 24.1 Å². The van der Waals surface area contributed by atoms with Gasteiger partial charge in [-0.2, -0.15) is 9.65 Å². The van der Waals surface area contributed by atoms with E-state index >= 15 is 0 Å². The minimum absolute atomic E-state index is 0.0493. The Balaban J connectivity index is 3.17. The molecule has 1 aromatic carbocycles. The zero-order valence-electron chi connectivity index (χ0n) is 8.67. The SMILES string of the molecule is COc1c(C)cc(CCC#N)c(O)c1F. The molecule has 3 nitrogen and oxygen atoms in total. The molecule has 0 unspecified atom stereocenters. The fourth-order valence-corrected chi connectivity index (χ4v) is 1.45. The van der Waals surface area contributed by atoms with E-state index < -0.39 is 11.6 Å². The third-order valence-electron chi connectivity index (χ3n) is 2.17. The highest BCUT2D eigenvalue weighted by molar-refractivity contribution is 5.47. The molecule has 0 aliphatic carbocycles. The number of phenols is 1. The first kappa shape index (κ1) is 11.3. The van der Waals surface area contributed by atoms with Crippen molar-refractivity contribution in [2.75, 3.05) is 7.11 Å². The van der Waals surface area contributed by atoms with Crippen molar-refractivity contribution in [2.24, 2.45) is 0 Å². The van der Waals surface area contributed by atoms with Crippen molar-refractivity contribution in [3.63, 3.8) is 0 Å². The number of nitrogens with zero attached hydrogens (tertiary/aromatic N) is 1. The van der Waals surface area contributed by atoms with Crippen LogP contribution in [0.4, 0.5) is 4.39 Å². The molecule has 0 atom stereocenters. The molecule has 1 aromatic rings. The van der Waals surface area contributed by atoms with Gasteiger partial charge in [0.05, 0.1) is 13.2 Å². The molecule has 0 saturated carbocycles. The first-order chi connectivity index (χ1) is 7.11. The van der Waals surface area contributed by atoms with E-state index in [-0.39, 0.29) is 12.2 Å². The molecule has 0 spiro atoms. The second-order valence-corrected chi connectivity index (χ2v) is 3.21. The lowest BCUT2D eigenvalue weighted by molar-refractivity contribution is 0.359. The van der Waals surface area contributed by atoms with Crippen molar-refractivity contribution in [2.45, 2.75) is 19.8 Å². The molecule has 0 amide bonds. The highest BCUT2D eigenvalue weighted by atomic mass is 19.1. The molecule has 0 heterocycles. The summed E-state index contributed by atoms with van der Waals surface area (Å²) in [6.45, 7) is 1.69. The Labute approximate surface area is 87.7 Å². The van der Waals surface area contributed by atoms with Crippen LogP contribution >= 0.6 is 0 Å². The van der Waals surface area contributed by atoms with Crippen LogP contribution in [-0.2, 0) is 6.42 Å². The average molecular weight is 209 g/mol. The summed E-state index contributed by atoms with van der Waals surface area (Å²) in [4.78, 5) is 0. The first-order valence-corrected chi connectivity index (χ1v) is 4.53. The van der Waals surface area contributed by atoms with Crippen LogP contribution in [0.1, 0.15) is 17.5 Å². The lowest BCUT2D eigenvalue weighted by Crippen LogP contribution is -1.96. The lowest BCUT2D eigenvalue weighted by atomic mass is 10.0. The molecular weight excluding hydrogens is 197 g/mol. The standard InChI is InChI=1S/C11H12FNO2/c1-7-6-8(4-3-5-13)10(14)9(12)11(7)15-2/h6,14H,3-4H2,1-2H3. The van der Waals surface area contributed by atoms with Gasteiger partial charge in [0, 0.05) is 6.42 Å². The number of halogens is 1. The Bertz CT molecular complexity index is 410. The van der Waals surface area contributed by atoms with E-state index in [1.165, 1.54) is 7.11 Å². The maximum Gasteiger partial charge on any atom is 0.207 e. The van der Waals surface area contributed by atoms with Gasteiger partial charge in [-0.05, 0) is 30.5 Å². The monoisotopic (exact) mass is 209 g/mol. The van der Waals surface area contributed by atoms with Gasteiger partial charge in [0.25, 0.3) is 0 Å². The zero-order chi connectivity index (χ0) is 11.4. The van der Waals surface area contributed by atoms with Crippen LogP contribution in [0.5, 0.6) is 11.5 Å². The van der Waals surface area contributed by atoms with Crippen molar-refractivity contribution in [1.82, 2.24) is 0 Å². The van der Waals surface area contributed by atoms with Crippen LogP contribution < -0.4 is 4.74 Å². The smallest absolute Gasteiger partial charge is 0.207 e. The lowest BCUT2D eigenvalue weighted by Gasteiger charge is -2.10. The molecule has 80 valence electrons. The Morgan fingerprint density at radius 2 is 2.27 bits per heavy atom. The first-order valence-electron chi connectivity index (χ1n) is 4.53. The predicted octanol–water partition coefficient (Wildman–Crippen LogP) is 2.30. The number of hydrogen-bond donors (Lipinski definition) is 1. The van der Waals surface area contributed by atoms with Gasteiger partial charge < -0.3 is 9.84 Å². The molecule has 4 heteroatoms. The Kier molecular flexibility index (Phi) is 3.51. The minimum Gasteiger partial charge on any atom is -0.505 e. The molecule has 15 heavy (non-hydrogen) atoms. The largest absolute Gasteiger partial charge is 0.505 e. The van der Waals surface area contributed by atoms with Gasteiger partial charge in [0.1, 0.15) is 0 Å². The summed E-state index contributed by atoms with van der Waals surface area (Å²) in [7, 11) is 1.35. The molecule has 0 aliphatic heterocycles. The van der Waals surface area contributed by atoms with Crippen LogP contribution in [0.15, 0.2) is 6.07 Å². The van der Waals surface area contributed by atoms with E-state index in [0.717, 1.165) is 0 Å². The van der Waals surface area contributed by atoms with Crippen LogP contribution in [0.25, 0.3) is 0 Å². The van der Waals surface area contributed by atoms with Crippen LogP contribution in [0.3, 0.4) is 0 Å². The number of rotatable bonds is 3. The van der Waals surface area contributed by atoms with Gasteiger partial charge in [-0.1, -0.05) is 0 Å². The molecule has 0 aliphatic rings. The highest BCUT2D eigenvalue weighted by Gasteiger charge is 2.15. The van der Waals surface area contributed by atoms with Crippen molar-refractivity contribution in [1.29, 1.82) is 5.26 Å². The van der Waals surface area contributed by atoms with E-state index in [1.807, 2.05) is 6.07 Å². The Morgan fingerprint density at radius 1 is 1.60 bits per heavy atom. The van der Waals surface area contributed by atoms with Gasteiger partial charge >= 0.3 is 0 Å². The average Bonchev–Trinajstić information content (AvgIpc) is 2.22. The predicted molar refractivity (Wildman–Crippen MR) is 53.3 cm³/mol. The van der Waals surface area contributed by atoms with Crippen molar-refractivity contribution < 1.29 is 14.2 Å². The van der Waals surface area contributed by atoms with Crippen molar-refractivity contribution in [3.05, 3.63) is 23.0 Å². The van der Waals surface area contributed by atoms with Gasteiger partial charge in [0.2, 0.25) is 5.82 Å². The molecule has 1 rings (SSSR count). The molecule has 0 saturated heterocycles. The number of nitriles is 1. The van der Waals surface area contributed by atoms with Gasteiger partial charge in [-0.15, -0.1) is 0 Å². The summed E-state index contributed by atoms with van der Waals surface area (Å²) in [5, 5.41) is 17.9. The number of benzene rings is 1. The minimum atomic E-state index is -0.759. The van der Waals surface area contributed by atoms with Gasteiger partial charge in [-0.25, -0.2) is 0 Å². The molecule has 0 aromatic heterocycles. The molecular formula is C11H12FNO2. The summed E-state index contributed by atoms with van der Waals surface area (Å²) >= 11 is 0. The van der Waals surface area contributed by atoms with Gasteiger partial charge in [-0.3, -0.25) is 0 Å². The normalized spacial score (nSPS) is 9.73. The van der Waals surface area contributed by atoms with E-state index in [2.05, 4.69) is 0 Å². The third kappa shape index (κ3) is 2.18. The molecule has 1 N–H and O–H groups in total. The third-order valence-corrected chi connectivity index (χ3v) is 2.17. The zero-order valence-corrected chi connectivity index (χ0v) is 8.67. The maximum atomic E-state index is 13.5. The number of phenolic OH excluding ortho intramolecular Hbond substituents is 1. The van der Waals surface area contributed by atoms with Crippen molar-refractivity contribution >= 4 is 0 Å². The van der Waals surface area contributed by atoms with E-state index in [1.54, 1.807) is 13.0 Å². The second-order valence-electron chi connectivity index (χ2n) is 3.21. The molecule has 0 radical (unpaired) electrons. The fourth-order valence-electron chi connectivity index (χ4n) is 1.45. The number of aryl methyl sites for hydroxylation is 2. The summed E-state index contributed by atoms with van der Waals surface area (Å²) in [5.41, 5.74) is 1.05. The fraction of sp³-hybridized carbons (Fsp3) is 0.364. The Morgan fingerprint density at radius 3 is 2.80 bits per heavy atom. The summed E-state index contributed by atoms with van der Waals surface area (Å²) in [6.07, 6.45) is 0.586. The summed E-state index contributed by atoms with van der Waals surface area (Å²) in [6, 6.07) is 3.58.